The molecule has 0 atom stereocenters. The molecule has 90 valence electrons. The molecule has 17 heavy (non-hydrogen) atoms. The van der Waals surface area contributed by atoms with Gasteiger partial charge in [-0.2, -0.15) is 0 Å². The lowest BCUT2D eigenvalue weighted by Crippen LogP contribution is -2.01. The highest BCUT2D eigenvalue weighted by atomic mass is 32.1. The molecule has 1 aromatic heterocycles. The maximum atomic E-state index is 8.99. The minimum Gasteiger partial charge on any atom is -0.398 e. The van der Waals surface area contributed by atoms with Crippen LogP contribution in [0, 0.1) is 0 Å². The molecule has 0 aliphatic rings. The van der Waals surface area contributed by atoms with E-state index in [2.05, 4.69) is 0 Å². The van der Waals surface area contributed by atoms with Crippen LogP contribution in [0.3, 0.4) is 0 Å². The van der Waals surface area contributed by atoms with E-state index in [-0.39, 0.29) is 6.61 Å². The molecule has 0 spiro atoms. The van der Waals surface area contributed by atoms with Gasteiger partial charge in [-0.3, -0.25) is 0 Å². The van der Waals surface area contributed by atoms with Crippen molar-refractivity contribution in [2.24, 2.45) is 5.73 Å². The van der Waals surface area contributed by atoms with Crippen molar-refractivity contribution >= 4 is 17.0 Å². The predicted molar refractivity (Wildman–Crippen MR) is 72.8 cm³/mol. The maximum Gasteiger partial charge on any atom is 0.0472 e. The SMILES string of the molecule is NCc1sccc1-c1cccc(CCO)c1N. The summed E-state index contributed by atoms with van der Waals surface area (Å²) in [7, 11) is 0. The van der Waals surface area contributed by atoms with Gasteiger partial charge in [0.25, 0.3) is 0 Å². The Labute approximate surface area is 105 Å². The monoisotopic (exact) mass is 248 g/mol. The molecule has 0 aliphatic carbocycles. The average Bonchev–Trinajstić information content (AvgIpc) is 2.80. The van der Waals surface area contributed by atoms with Gasteiger partial charge in [0.2, 0.25) is 0 Å². The zero-order chi connectivity index (χ0) is 12.3. The average molecular weight is 248 g/mol. The minimum atomic E-state index is 0.112. The van der Waals surface area contributed by atoms with Gasteiger partial charge in [0.15, 0.2) is 0 Å². The molecule has 5 N–H and O–H groups in total. The molecule has 0 saturated heterocycles. The number of nitrogens with two attached hydrogens (primary N) is 2. The number of hydrogen-bond donors (Lipinski definition) is 3. The lowest BCUT2D eigenvalue weighted by molar-refractivity contribution is 0.300. The van der Waals surface area contributed by atoms with Crippen LogP contribution in [-0.4, -0.2) is 11.7 Å². The van der Waals surface area contributed by atoms with Crippen LogP contribution < -0.4 is 11.5 Å². The summed E-state index contributed by atoms with van der Waals surface area (Å²) in [6.45, 7) is 0.637. The third-order valence-electron chi connectivity index (χ3n) is 2.80. The summed E-state index contributed by atoms with van der Waals surface area (Å²) in [5.74, 6) is 0. The van der Waals surface area contributed by atoms with Gasteiger partial charge in [-0.15, -0.1) is 11.3 Å². The van der Waals surface area contributed by atoms with E-state index < -0.39 is 0 Å². The topological polar surface area (TPSA) is 72.3 Å². The number of hydrogen-bond acceptors (Lipinski definition) is 4. The first-order valence-electron chi connectivity index (χ1n) is 5.53. The zero-order valence-corrected chi connectivity index (χ0v) is 10.3. The quantitative estimate of drug-likeness (QED) is 0.725. The summed E-state index contributed by atoms with van der Waals surface area (Å²) in [5, 5.41) is 11.0. The van der Waals surface area contributed by atoms with Crippen LogP contribution in [0.2, 0.25) is 0 Å². The highest BCUT2D eigenvalue weighted by Crippen LogP contribution is 2.33. The number of anilines is 1. The van der Waals surface area contributed by atoms with Crippen LogP contribution in [0.5, 0.6) is 0 Å². The Balaban J connectivity index is 2.49. The minimum absolute atomic E-state index is 0.112. The summed E-state index contributed by atoms with van der Waals surface area (Å²) < 4.78 is 0. The van der Waals surface area contributed by atoms with Gasteiger partial charge < -0.3 is 16.6 Å². The highest BCUT2D eigenvalue weighted by molar-refractivity contribution is 7.10. The Morgan fingerprint density at radius 1 is 1.18 bits per heavy atom. The van der Waals surface area contributed by atoms with E-state index in [1.807, 2.05) is 29.6 Å². The van der Waals surface area contributed by atoms with Gasteiger partial charge in [0.05, 0.1) is 0 Å². The molecular formula is C13H16N2OS. The molecule has 0 fully saturated rings. The van der Waals surface area contributed by atoms with Gasteiger partial charge in [0, 0.05) is 29.3 Å². The van der Waals surface area contributed by atoms with Crippen LogP contribution in [0.25, 0.3) is 11.1 Å². The number of aliphatic hydroxyl groups excluding tert-OH is 1. The molecule has 0 aliphatic heterocycles. The summed E-state index contributed by atoms with van der Waals surface area (Å²) in [4.78, 5) is 1.14. The van der Waals surface area contributed by atoms with Crippen molar-refractivity contribution in [3.63, 3.8) is 0 Å². The molecular weight excluding hydrogens is 232 g/mol. The van der Waals surface area contributed by atoms with E-state index in [4.69, 9.17) is 16.6 Å². The number of aliphatic hydroxyl groups is 1. The molecule has 0 unspecified atom stereocenters. The molecule has 2 rings (SSSR count). The van der Waals surface area contributed by atoms with Crippen molar-refractivity contribution in [2.45, 2.75) is 13.0 Å². The number of thiophene rings is 1. The van der Waals surface area contributed by atoms with E-state index in [9.17, 15) is 0 Å². The molecule has 0 bridgehead atoms. The Kier molecular flexibility index (Phi) is 3.78. The zero-order valence-electron chi connectivity index (χ0n) is 9.52. The third kappa shape index (κ3) is 2.34. The van der Waals surface area contributed by atoms with Crippen LogP contribution >= 0.6 is 11.3 Å². The second kappa shape index (κ2) is 5.31. The largest absolute Gasteiger partial charge is 0.398 e. The first kappa shape index (κ1) is 12.1. The maximum absolute atomic E-state index is 8.99. The molecule has 0 amide bonds. The standard InChI is InChI=1S/C13H16N2OS/c14-8-12-10(5-7-17-12)11-3-1-2-9(4-6-16)13(11)15/h1-3,5,7,16H,4,6,8,14-15H2. The second-order valence-corrected chi connectivity index (χ2v) is 4.81. The van der Waals surface area contributed by atoms with E-state index in [1.165, 1.54) is 0 Å². The number of nitrogen functional groups attached to an aromatic ring is 1. The van der Waals surface area contributed by atoms with Crippen molar-refractivity contribution < 1.29 is 5.11 Å². The van der Waals surface area contributed by atoms with Gasteiger partial charge in [0.1, 0.15) is 0 Å². The van der Waals surface area contributed by atoms with Crippen molar-refractivity contribution in [3.8, 4) is 11.1 Å². The van der Waals surface area contributed by atoms with E-state index >= 15 is 0 Å². The number of para-hydroxylation sites is 1. The summed E-state index contributed by atoms with van der Waals surface area (Å²) in [6.07, 6.45) is 0.585. The van der Waals surface area contributed by atoms with Gasteiger partial charge in [-0.25, -0.2) is 0 Å². The van der Waals surface area contributed by atoms with Crippen LogP contribution in [-0.2, 0) is 13.0 Å². The Morgan fingerprint density at radius 2 is 2.00 bits per heavy atom. The third-order valence-corrected chi connectivity index (χ3v) is 3.74. The molecule has 3 nitrogen and oxygen atoms in total. The normalized spacial score (nSPS) is 10.7. The fourth-order valence-corrected chi connectivity index (χ4v) is 2.69. The summed E-state index contributed by atoms with van der Waals surface area (Å²) in [5.41, 5.74) is 15.7. The van der Waals surface area contributed by atoms with Crippen molar-refractivity contribution in [1.29, 1.82) is 0 Å². The Hall–Kier alpha value is -1.36. The fourth-order valence-electron chi connectivity index (χ4n) is 1.93. The first-order chi connectivity index (χ1) is 8.27. The van der Waals surface area contributed by atoms with Crippen molar-refractivity contribution in [1.82, 2.24) is 0 Å². The Morgan fingerprint density at radius 3 is 2.71 bits per heavy atom. The fraction of sp³-hybridized carbons (Fsp3) is 0.231. The Bertz CT molecular complexity index is 508. The van der Waals surface area contributed by atoms with Crippen LogP contribution in [0.15, 0.2) is 29.6 Å². The summed E-state index contributed by atoms with van der Waals surface area (Å²) in [6, 6.07) is 7.96. The van der Waals surface area contributed by atoms with Crippen molar-refractivity contribution in [3.05, 3.63) is 40.1 Å². The molecule has 0 radical (unpaired) electrons. The predicted octanol–water partition coefficient (Wildman–Crippen LogP) is 1.99. The highest BCUT2D eigenvalue weighted by Gasteiger charge is 2.10. The lowest BCUT2D eigenvalue weighted by atomic mass is 9.99. The molecule has 0 saturated carbocycles. The van der Waals surface area contributed by atoms with Gasteiger partial charge in [-0.1, -0.05) is 18.2 Å². The van der Waals surface area contributed by atoms with Crippen LogP contribution in [0.1, 0.15) is 10.4 Å². The second-order valence-electron chi connectivity index (χ2n) is 3.81. The molecule has 1 heterocycles. The molecule has 2 aromatic rings. The van der Waals surface area contributed by atoms with Gasteiger partial charge >= 0.3 is 0 Å². The van der Waals surface area contributed by atoms with E-state index in [0.29, 0.717) is 13.0 Å². The smallest absolute Gasteiger partial charge is 0.0472 e. The van der Waals surface area contributed by atoms with Gasteiger partial charge in [-0.05, 0) is 29.0 Å². The van der Waals surface area contributed by atoms with Crippen molar-refractivity contribution in [2.75, 3.05) is 12.3 Å². The van der Waals surface area contributed by atoms with Crippen LogP contribution in [0.4, 0.5) is 5.69 Å². The van der Waals surface area contributed by atoms with E-state index in [1.54, 1.807) is 11.3 Å². The number of benzene rings is 1. The lowest BCUT2D eigenvalue weighted by Gasteiger charge is -2.10. The number of rotatable bonds is 4. The molecule has 4 heteroatoms. The first-order valence-corrected chi connectivity index (χ1v) is 6.41. The van der Waals surface area contributed by atoms with E-state index in [0.717, 1.165) is 27.3 Å². The molecule has 1 aromatic carbocycles. The summed E-state index contributed by atoms with van der Waals surface area (Å²) >= 11 is 1.64.